The number of nitrogens with one attached hydrogen (secondary N) is 2. The Labute approximate surface area is 94.5 Å². The highest BCUT2D eigenvalue weighted by Gasteiger charge is 2.16. The summed E-state index contributed by atoms with van der Waals surface area (Å²) in [4.78, 5) is 21.6. The lowest BCUT2D eigenvalue weighted by atomic mass is 10.1. The Morgan fingerprint density at radius 3 is 2.62 bits per heavy atom. The molecule has 0 radical (unpaired) electrons. The van der Waals surface area contributed by atoms with E-state index >= 15 is 0 Å². The summed E-state index contributed by atoms with van der Waals surface area (Å²) in [5, 5.41) is 5.38. The molecule has 1 aliphatic rings. The third kappa shape index (κ3) is 4.16. The summed E-state index contributed by atoms with van der Waals surface area (Å²) in [7, 11) is 0. The zero-order chi connectivity index (χ0) is 12.0. The largest absolute Gasteiger partial charge is 0.492 e. The molecule has 0 aliphatic carbocycles. The number of ether oxygens (including phenoxy) is 1. The first-order valence-corrected chi connectivity index (χ1v) is 5.09. The molecule has 0 spiro atoms. The molecule has 88 valence electrons. The van der Waals surface area contributed by atoms with E-state index in [1.54, 1.807) is 12.3 Å². The lowest BCUT2D eigenvalue weighted by Crippen LogP contribution is -2.37. The molecule has 0 bridgehead atoms. The molecule has 1 rings (SSSR count). The molecule has 5 nitrogen and oxygen atoms in total. The standard InChI is InChI=1S/C11H16N2O3/c1-8(14)12-6-10-4-3-5-16-11(10)7-13-9(2)15/h3-5,11H,6-7H2,1-2H3,(H,12,14)(H,13,15). The second-order valence-corrected chi connectivity index (χ2v) is 3.54. The lowest BCUT2D eigenvalue weighted by molar-refractivity contribution is -0.120. The third-order valence-electron chi connectivity index (χ3n) is 2.12. The topological polar surface area (TPSA) is 67.4 Å². The number of hydrogen-bond donors (Lipinski definition) is 2. The van der Waals surface area contributed by atoms with Gasteiger partial charge in [-0.2, -0.15) is 0 Å². The van der Waals surface area contributed by atoms with Crippen molar-refractivity contribution >= 4 is 11.8 Å². The van der Waals surface area contributed by atoms with Gasteiger partial charge in [0.15, 0.2) is 0 Å². The van der Waals surface area contributed by atoms with Crippen LogP contribution in [0.2, 0.25) is 0 Å². The predicted octanol–water partition coefficient (Wildman–Crippen LogP) is 0.0975. The molecule has 1 aliphatic heterocycles. The summed E-state index contributed by atoms with van der Waals surface area (Å²) in [5.41, 5.74) is 0.937. The van der Waals surface area contributed by atoms with E-state index in [0.29, 0.717) is 13.1 Å². The predicted molar refractivity (Wildman–Crippen MR) is 59.5 cm³/mol. The van der Waals surface area contributed by atoms with E-state index in [2.05, 4.69) is 10.6 Å². The first-order valence-electron chi connectivity index (χ1n) is 5.09. The summed E-state index contributed by atoms with van der Waals surface area (Å²) in [5.74, 6) is -0.189. The fourth-order valence-electron chi connectivity index (χ4n) is 1.31. The van der Waals surface area contributed by atoms with Gasteiger partial charge in [0.05, 0.1) is 12.8 Å². The second-order valence-electron chi connectivity index (χ2n) is 3.54. The summed E-state index contributed by atoms with van der Waals surface area (Å²) < 4.78 is 5.36. The average molecular weight is 224 g/mol. The Morgan fingerprint density at radius 1 is 1.31 bits per heavy atom. The van der Waals surface area contributed by atoms with Gasteiger partial charge in [-0.15, -0.1) is 0 Å². The molecule has 0 aromatic rings. The van der Waals surface area contributed by atoms with E-state index in [9.17, 15) is 9.59 Å². The summed E-state index contributed by atoms with van der Waals surface area (Å²) >= 11 is 0. The number of hydrogen-bond acceptors (Lipinski definition) is 3. The van der Waals surface area contributed by atoms with Gasteiger partial charge in [-0.05, 0) is 11.6 Å². The van der Waals surface area contributed by atoms with Crippen molar-refractivity contribution in [3.63, 3.8) is 0 Å². The molecule has 0 aromatic carbocycles. The minimum atomic E-state index is -0.208. The molecule has 0 saturated carbocycles. The van der Waals surface area contributed by atoms with Crippen molar-refractivity contribution in [2.24, 2.45) is 0 Å². The molecule has 0 aromatic heterocycles. The smallest absolute Gasteiger partial charge is 0.217 e. The Hall–Kier alpha value is -1.78. The van der Waals surface area contributed by atoms with E-state index in [0.717, 1.165) is 5.57 Å². The molecule has 1 unspecified atom stereocenters. The van der Waals surface area contributed by atoms with E-state index < -0.39 is 0 Å². The molecule has 1 heterocycles. The zero-order valence-corrected chi connectivity index (χ0v) is 9.45. The van der Waals surface area contributed by atoms with Crippen LogP contribution < -0.4 is 10.6 Å². The highest BCUT2D eigenvalue weighted by Crippen LogP contribution is 2.11. The number of allylic oxidation sites excluding steroid dienone is 2. The molecular weight excluding hydrogens is 208 g/mol. The van der Waals surface area contributed by atoms with Gasteiger partial charge in [-0.1, -0.05) is 6.08 Å². The average Bonchev–Trinajstić information content (AvgIpc) is 2.24. The van der Waals surface area contributed by atoms with E-state index in [1.807, 2.05) is 6.08 Å². The van der Waals surface area contributed by atoms with Crippen LogP contribution in [-0.4, -0.2) is 31.0 Å². The van der Waals surface area contributed by atoms with E-state index in [4.69, 9.17) is 4.74 Å². The highest BCUT2D eigenvalue weighted by molar-refractivity contribution is 5.73. The molecule has 1 atom stereocenters. The Balaban J connectivity index is 2.48. The van der Waals surface area contributed by atoms with Gasteiger partial charge in [0.1, 0.15) is 6.10 Å². The maximum Gasteiger partial charge on any atom is 0.217 e. The Morgan fingerprint density at radius 2 is 2.00 bits per heavy atom. The molecule has 2 amide bonds. The number of carbonyl (C=O) groups excluding carboxylic acids is 2. The van der Waals surface area contributed by atoms with Gasteiger partial charge in [0.25, 0.3) is 0 Å². The van der Waals surface area contributed by atoms with Crippen molar-refractivity contribution in [2.75, 3.05) is 13.1 Å². The first kappa shape index (κ1) is 12.3. The molecule has 16 heavy (non-hydrogen) atoms. The fourth-order valence-corrected chi connectivity index (χ4v) is 1.31. The van der Waals surface area contributed by atoms with Gasteiger partial charge in [-0.25, -0.2) is 0 Å². The Bertz CT molecular complexity index is 334. The quantitative estimate of drug-likeness (QED) is 0.711. The molecule has 0 saturated heterocycles. The minimum absolute atomic E-state index is 0.0891. The van der Waals surface area contributed by atoms with E-state index in [1.165, 1.54) is 13.8 Å². The van der Waals surface area contributed by atoms with Crippen LogP contribution >= 0.6 is 0 Å². The van der Waals surface area contributed by atoms with Crippen LogP contribution in [-0.2, 0) is 14.3 Å². The Kier molecular flexibility index (Phi) is 4.57. The van der Waals surface area contributed by atoms with Crippen molar-refractivity contribution in [2.45, 2.75) is 20.0 Å². The summed E-state index contributed by atoms with van der Waals surface area (Å²) in [6.45, 7) is 3.76. The maximum absolute atomic E-state index is 10.8. The second kappa shape index (κ2) is 5.95. The van der Waals surface area contributed by atoms with Gasteiger partial charge in [0, 0.05) is 20.4 Å². The van der Waals surface area contributed by atoms with Gasteiger partial charge < -0.3 is 15.4 Å². The zero-order valence-electron chi connectivity index (χ0n) is 9.45. The molecule has 0 fully saturated rings. The van der Waals surface area contributed by atoms with Gasteiger partial charge in [-0.3, -0.25) is 9.59 Å². The van der Waals surface area contributed by atoms with Crippen LogP contribution in [0.5, 0.6) is 0 Å². The highest BCUT2D eigenvalue weighted by atomic mass is 16.5. The van der Waals surface area contributed by atoms with Gasteiger partial charge >= 0.3 is 0 Å². The maximum atomic E-state index is 10.8. The van der Waals surface area contributed by atoms with Crippen LogP contribution in [0.3, 0.4) is 0 Å². The normalized spacial score (nSPS) is 18.4. The van der Waals surface area contributed by atoms with Crippen LogP contribution in [0.15, 0.2) is 24.0 Å². The third-order valence-corrected chi connectivity index (χ3v) is 2.12. The number of carbonyl (C=O) groups is 2. The minimum Gasteiger partial charge on any atom is -0.492 e. The fraction of sp³-hybridized carbons (Fsp3) is 0.455. The van der Waals surface area contributed by atoms with E-state index in [-0.39, 0.29) is 17.9 Å². The van der Waals surface area contributed by atoms with Crippen LogP contribution in [0.4, 0.5) is 0 Å². The molecule has 5 heteroatoms. The van der Waals surface area contributed by atoms with Gasteiger partial charge in [0.2, 0.25) is 11.8 Å². The lowest BCUT2D eigenvalue weighted by Gasteiger charge is -2.22. The van der Waals surface area contributed by atoms with Crippen molar-refractivity contribution in [3.8, 4) is 0 Å². The summed E-state index contributed by atoms with van der Waals surface area (Å²) in [6, 6.07) is 0. The molecular formula is C11H16N2O3. The van der Waals surface area contributed by atoms with Crippen molar-refractivity contribution in [1.82, 2.24) is 10.6 Å². The van der Waals surface area contributed by atoms with Crippen LogP contribution in [0.1, 0.15) is 13.8 Å². The number of rotatable bonds is 4. The first-order chi connectivity index (χ1) is 7.59. The van der Waals surface area contributed by atoms with Crippen molar-refractivity contribution in [1.29, 1.82) is 0 Å². The number of amides is 2. The SMILES string of the molecule is CC(=O)NCC1=CC=COC1CNC(C)=O. The monoisotopic (exact) mass is 224 g/mol. The van der Waals surface area contributed by atoms with Crippen molar-refractivity contribution in [3.05, 3.63) is 24.0 Å². The van der Waals surface area contributed by atoms with Crippen molar-refractivity contribution < 1.29 is 14.3 Å². The molecule has 2 N–H and O–H groups in total. The summed E-state index contributed by atoms with van der Waals surface area (Å²) in [6.07, 6.45) is 5.01. The van der Waals surface area contributed by atoms with Crippen LogP contribution in [0, 0.1) is 0 Å². The van der Waals surface area contributed by atoms with Crippen LogP contribution in [0.25, 0.3) is 0 Å².